The first-order chi connectivity index (χ1) is 6.70. The molecule has 0 bridgehead atoms. The molecule has 0 radical (unpaired) electrons. The molecule has 0 aromatic carbocycles. The van der Waals surface area contributed by atoms with Gasteiger partial charge >= 0.3 is 6.03 Å². The van der Waals surface area contributed by atoms with Crippen LogP contribution in [0.2, 0.25) is 0 Å². The van der Waals surface area contributed by atoms with E-state index in [-0.39, 0.29) is 6.03 Å². The van der Waals surface area contributed by atoms with Gasteiger partial charge in [0, 0.05) is 19.6 Å². The van der Waals surface area contributed by atoms with Gasteiger partial charge in [-0.15, -0.1) is 0 Å². The van der Waals surface area contributed by atoms with E-state index in [0.717, 1.165) is 32.5 Å². The third kappa shape index (κ3) is 7.86. The Hall–Kier alpha value is -0.770. The van der Waals surface area contributed by atoms with Crippen LogP contribution in [-0.2, 0) is 0 Å². The molecular formula is C10H23N3O. The van der Waals surface area contributed by atoms with E-state index in [0.29, 0.717) is 6.54 Å². The first kappa shape index (κ1) is 13.2. The largest absolute Gasteiger partial charge is 0.338 e. The van der Waals surface area contributed by atoms with Crippen molar-refractivity contribution in [2.75, 3.05) is 33.2 Å². The van der Waals surface area contributed by atoms with Crippen LogP contribution in [0.15, 0.2) is 0 Å². The monoisotopic (exact) mass is 201 g/mol. The van der Waals surface area contributed by atoms with Crippen LogP contribution in [0.4, 0.5) is 4.79 Å². The van der Waals surface area contributed by atoms with Gasteiger partial charge < -0.3 is 15.5 Å². The molecule has 0 unspecified atom stereocenters. The van der Waals surface area contributed by atoms with Gasteiger partial charge in [-0.3, -0.25) is 0 Å². The van der Waals surface area contributed by atoms with Gasteiger partial charge in [-0.05, 0) is 20.0 Å². The summed E-state index contributed by atoms with van der Waals surface area (Å²) in [6, 6.07) is -0.0528. The van der Waals surface area contributed by atoms with Crippen molar-refractivity contribution in [3.8, 4) is 0 Å². The highest BCUT2D eigenvalue weighted by Crippen LogP contribution is 1.82. The van der Waals surface area contributed by atoms with Crippen LogP contribution in [-0.4, -0.2) is 44.2 Å². The van der Waals surface area contributed by atoms with Crippen molar-refractivity contribution in [1.29, 1.82) is 0 Å². The zero-order valence-corrected chi connectivity index (χ0v) is 9.60. The van der Waals surface area contributed by atoms with Crippen molar-refractivity contribution in [2.24, 2.45) is 0 Å². The summed E-state index contributed by atoms with van der Waals surface area (Å²) in [7, 11) is 2.04. The fraction of sp³-hybridized carbons (Fsp3) is 0.900. The smallest absolute Gasteiger partial charge is 0.314 e. The Bertz CT molecular complexity index is 150. The van der Waals surface area contributed by atoms with Crippen molar-refractivity contribution < 1.29 is 4.79 Å². The van der Waals surface area contributed by atoms with Crippen LogP contribution >= 0.6 is 0 Å². The minimum absolute atomic E-state index is 0.0528. The molecule has 84 valence electrons. The maximum atomic E-state index is 11.1. The lowest BCUT2D eigenvalue weighted by atomic mass is 10.3. The summed E-state index contributed by atoms with van der Waals surface area (Å²) in [5.41, 5.74) is 0. The lowest BCUT2D eigenvalue weighted by molar-refractivity contribution is 0.238. The molecule has 2 amide bonds. The minimum Gasteiger partial charge on any atom is -0.338 e. The number of nitrogens with zero attached hydrogens (tertiary/aromatic N) is 1. The molecular weight excluding hydrogens is 178 g/mol. The van der Waals surface area contributed by atoms with Gasteiger partial charge in [0.2, 0.25) is 0 Å². The van der Waals surface area contributed by atoms with E-state index in [4.69, 9.17) is 0 Å². The molecule has 0 aromatic heterocycles. The standard InChI is InChI=1S/C10H23N3O/c1-4-6-7-11-10(14)12-8-9-13(3)5-2/h4-9H2,1-3H3,(H2,11,12,14). The van der Waals surface area contributed by atoms with Crippen LogP contribution < -0.4 is 10.6 Å². The normalized spacial score (nSPS) is 10.3. The predicted octanol–water partition coefficient (Wildman–Crippen LogP) is 1.04. The molecule has 0 atom stereocenters. The number of nitrogens with one attached hydrogen (secondary N) is 2. The van der Waals surface area contributed by atoms with Gasteiger partial charge in [-0.2, -0.15) is 0 Å². The highest BCUT2D eigenvalue weighted by molar-refractivity contribution is 5.73. The Kier molecular flexibility index (Phi) is 8.33. The second-order valence-electron chi connectivity index (χ2n) is 3.43. The summed E-state index contributed by atoms with van der Waals surface area (Å²) in [5, 5.41) is 5.62. The Labute approximate surface area is 87.0 Å². The van der Waals surface area contributed by atoms with E-state index in [1.54, 1.807) is 0 Å². The van der Waals surface area contributed by atoms with Gasteiger partial charge in [0.05, 0.1) is 0 Å². The zero-order chi connectivity index (χ0) is 10.8. The molecule has 4 nitrogen and oxygen atoms in total. The molecule has 0 aliphatic carbocycles. The van der Waals surface area contributed by atoms with Crippen LogP contribution in [0.5, 0.6) is 0 Å². The summed E-state index contributed by atoms with van der Waals surface area (Å²) < 4.78 is 0. The van der Waals surface area contributed by atoms with Crippen molar-refractivity contribution in [2.45, 2.75) is 26.7 Å². The van der Waals surface area contributed by atoms with E-state index in [1.807, 2.05) is 7.05 Å². The third-order valence-electron chi connectivity index (χ3n) is 2.13. The number of hydrogen-bond donors (Lipinski definition) is 2. The topological polar surface area (TPSA) is 44.4 Å². The molecule has 0 aromatic rings. The lowest BCUT2D eigenvalue weighted by Gasteiger charge is -2.14. The number of rotatable bonds is 7. The van der Waals surface area contributed by atoms with Gasteiger partial charge in [-0.1, -0.05) is 20.3 Å². The molecule has 4 heteroatoms. The Balaban J connectivity index is 3.26. The molecule has 0 fully saturated rings. The Morgan fingerprint density at radius 3 is 2.43 bits per heavy atom. The molecule has 0 aliphatic heterocycles. The van der Waals surface area contributed by atoms with Crippen molar-refractivity contribution in [3.63, 3.8) is 0 Å². The second kappa shape index (κ2) is 8.81. The van der Waals surface area contributed by atoms with E-state index < -0.39 is 0 Å². The van der Waals surface area contributed by atoms with Gasteiger partial charge in [0.1, 0.15) is 0 Å². The molecule has 0 spiro atoms. The third-order valence-corrected chi connectivity index (χ3v) is 2.13. The maximum absolute atomic E-state index is 11.1. The molecule has 0 saturated heterocycles. The molecule has 0 rings (SSSR count). The van der Waals surface area contributed by atoms with E-state index in [9.17, 15) is 4.79 Å². The molecule has 0 heterocycles. The first-order valence-electron chi connectivity index (χ1n) is 5.41. The average Bonchev–Trinajstić information content (AvgIpc) is 2.18. The highest BCUT2D eigenvalue weighted by Gasteiger charge is 1.98. The molecule has 14 heavy (non-hydrogen) atoms. The number of urea groups is 1. The summed E-state index contributed by atoms with van der Waals surface area (Å²) in [6.45, 7) is 7.60. The van der Waals surface area contributed by atoms with Crippen molar-refractivity contribution in [1.82, 2.24) is 15.5 Å². The summed E-state index contributed by atoms with van der Waals surface area (Å²) in [4.78, 5) is 13.3. The van der Waals surface area contributed by atoms with Crippen molar-refractivity contribution in [3.05, 3.63) is 0 Å². The minimum atomic E-state index is -0.0528. The Morgan fingerprint density at radius 2 is 1.86 bits per heavy atom. The quantitative estimate of drug-likeness (QED) is 0.604. The molecule has 0 saturated carbocycles. The fourth-order valence-corrected chi connectivity index (χ4v) is 0.960. The maximum Gasteiger partial charge on any atom is 0.314 e. The second-order valence-corrected chi connectivity index (χ2v) is 3.43. The Morgan fingerprint density at radius 1 is 1.21 bits per heavy atom. The lowest BCUT2D eigenvalue weighted by Crippen LogP contribution is -2.39. The van der Waals surface area contributed by atoms with E-state index in [1.165, 1.54) is 0 Å². The molecule has 2 N–H and O–H groups in total. The predicted molar refractivity (Wildman–Crippen MR) is 59.5 cm³/mol. The first-order valence-corrected chi connectivity index (χ1v) is 5.41. The van der Waals surface area contributed by atoms with Gasteiger partial charge in [0.15, 0.2) is 0 Å². The van der Waals surface area contributed by atoms with Crippen LogP contribution in [0.25, 0.3) is 0 Å². The number of amides is 2. The summed E-state index contributed by atoms with van der Waals surface area (Å²) >= 11 is 0. The van der Waals surface area contributed by atoms with E-state index in [2.05, 4.69) is 29.4 Å². The van der Waals surface area contributed by atoms with Gasteiger partial charge in [0.25, 0.3) is 0 Å². The van der Waals surface area contributed by atoms with Crippen molar-refractivity contribution >= 4 is 6.03 Å². The fourth-order valence-electron chi connectivity index (χ4n) is 0.960. The highest BCUT2D eigenvalue weighted by atomic mass is 16.2. The number of hydrogen-bond acceptors (Lipinski definition) is 2. The summed E-state index contributed by atoms with van der Waals surface area (Å²) in [5.74, 6) is 0. The van der Waals surface area contributed by atoms with Crippen LogP contribution in [0, 0.1) is 0 Å². The van der Waals surface area contributed by atoms with Gasteiger partial charge in [-0.25, -0.2) is 4.79 Å². The van der Waals surface area contributed by atoms with Crippen LogP contribution in [0.3, 0.4) is 0 Å². The number of unbranched alkanes of at least 4 members (excludes halogenated alkanes) is 1. The summed E-state index contributed by atoms with van der Waals surface area (Å²) in [6.07, 6.45) is 2.15. The SMILES string of the molecule is CCCCNC(=O)NCCN(C)CC. The zero-order valence-electron chi connectivity index (χ0n) is 9.60. The molecule has 0 aliphatic rings. The number of carbonyl (C=O) groups excluding carboxylic acids is 1. The number of likely N-dealkylation sites (N-methyl/N-ethyl adjacent to an activating group) is 1. The average molecular weight is 201 g/mol. The number of carbonyl (C=O) groups is 1. The van der Waals surface area contributed by atoms with E-state index >= 15 is 0 Å². The van der Waals surface area contributed by atoms with Crippen LogP contribution in [0.1, 0.15) is 26.7 Å².